The summed E-state index contributed by atoms with van der Waals surface area (Å²) in [6.45, 7) is 2.21. The standard InChI is InChI=1S/C55H70N2O16/c1-62-44-16-14-36(26-46(44)64-3)24-42-40-30-50(68-7)48(66-5)28-38(40)18-20-56(42)32-52(72-34-58)54(60)70-22-12-10-9-11-13-23-71-55(61)53(73-35-59)33-57-21-19-39-29-49(67-6)51(69-8)31-41(39)43(57)25-37-15-17-45(63-2)47(27-37)65-4/h14-17,26-31,34-35,42-43,52-53H,9-13,18-25,32-33H2,1-8H3. The summed E-state index contributed by atoms with van der Waals surface area (Å²) in [7, 11) is 12.7. The molecule has 4 unspecified atom stereocenters. The first-order valence-corrected chi connectivity index (χ1v) is 24.5. The van der Waals surface area contributed by atoms with E-state index in [1.54, 1.807) is 56.9 Å². The predicted octanol–water partition coefficient (Wildman–Crippen LogP) is 6.86. The third kappa shape index (κ3) is 14.2. The van der Waals surface area contributed by atoms with E-state index in [1.807, 2.05) is 60.7 Å². The van der Waals surface area contributed by atoms with Crippen LogP contribution in [0.25, 0.3) is 0 Å². The Labute approximate surface area is 427 Å². The topological polar surface area (TPSA) is 186 Å². The van der Waals surface area contributed by atoms with Crippen molar-refractivity contribution in [2.24, 2.45) is 0 Å². The molecule has 0 aromatic heterocycles. The first kappa shape index (κ1) is 55.4. The summed E-state index contributed by atoms with van der Waals surface area (Å²) >= 11 is 0. The van der Waals surface area contributed by atoms with Crippen molar-refractivity contribution in [1.29, 1.82) is 0 Å². The van der Waals surface area contributed by atoms with E-state index in [0.717, 1.165) is 52.6 Å². The van der Waals surface area contributed by atoms with Crippen molar-refractivity contribution in [3.8, 4) is 46.0 Å². The van der Waals surface area contributed by atoms with Crippen LogP contribution in [-0.4, -0.2) is 143 Å². The normalized spacial score (nSPS) is 16.1. The number of rotatable bonds is 30. The molecule has 2 heterocycles. The highest BCUT2D eigenvalue weighted by Crippen LogP contribution is 2.42. The highest BCUT2D eigenvalue weighted by Gasteiger charge is 2.36. The maximum atomic E-state index is 13.5. The number of carbonyl (C=O) groups is 4. The van der Waals surface area contributed by atoms with Crippen LogP contribution in [0.4, 0.5) is 0 Å². The fourth-order valence-corrected chi connectivity index (χ4v) is 9.71. The van der Waals surface area contributed by atoms with Crippen LogP contribution in [0.5, 0.6) is 46.0 Å². The number of hydrogen-bond donors (Lipinski definition) is 0. The monoisotopic (exact) mass is 1010 g/mol. The molecule has 18 heteroatoms. The minimum Gasteiger partial charge on any atom is -0.493 e. The minimum atomic E-state index is -1.16. The van der Waals surface area contributed by atoms with Crippen LogP contribution in [-0.2, 0) is 63.8 Å². The van der Waals surface area contributed by atoms with Crippen LogP contribution in [0, 0.1) is 0 Å². The maximum absolute atomic E-state index is 13.5. The summed E-state index contributed by atoms with van der Waals surface area (Å²) < 4.78 is 66.7. The number of fused-ring (bicyclic) bond motifs is 2. The smallest absolute Gasteiger partial charge is 0.348 e. The zero-order valence-corrected chi connectivity index (χ0v) is 43.3. The van der Waals surface area contributed by atoms with Gasteiger partial charge in [0.25, 0.3) is 12.9 Å². The molecular formula is C55H70N2O16. The van der Waals surface area contributed by atoms with Gasteiger partial charge in [0.1, 0.15) is 0 Å². The predicted molar refractivity (Wildman–Crippen MR) is 269 cm³/mol. The van der Waals surface area contributed by atoms with E-state index in [0.29, 0.717) is 97.6 Å². The molecule has 6 rings (SSSR count). The Kier molecular flexibility index (Phi) is 21.1. The lowest BCUT2D eigenvalue weighted by molar-refractivity contribution is -0.163. The van der Waals surface area contributed by atoms with Crippen molar-refractivity contribution >= 4 is 24.9 Å². The number of esters is 2. The molecule has 0 aliphatic carbocycles. The molecule has 396 valence electrons. The van der Waals surface area contributed by atoms with Gasteiger partial charge in [0.05, 0.1) is 70.1 Å². The molecule has 0 bridgehead atoms. The fourth-order valence-electron chi connectivity index (χ4n) is 9.71. The van der Waals surface area contributed by atoms with E-state index >= 15 is 0 Å². The van der Waals surface area contributed by atoms with Gasteiger partial charge in [-0.05, 0) is 120 Å². The molecule has 18 nitrogen and oxygen atoms in total. The second-order valence-corrected chi connectivity index (χ2v) is 17.7. The lowest BCUT2D eigenvalue weighted by atomic mass is 9.87. The fraction of sp³-hybridized carbons (Fsp3) is 0.491. The average Bonchev–Trinajstić information content (AvgIpc) is 3.42. The van der Waals surface area contributed by atoms with E-state index in [1.165, 1.54) is 0 Å². The summed E-state index contributed by atoms with van der Waals surface area (Å²) in [5.74, 6) is 3.56. The van der Waals surface area contributed by atoms with Gasteiger partial charge in [-0.3, -0.25) is 19.4 Å². The van der Waals surface area contributed by atoms with Gasteiger partial charge >= 0.3 is 11.9 Å². The molecule has 0 N–H and O–H groups in total. The zero-order chi connectivity index (χ0) is 52.3. The second-order valence-electron chi connectivity index (χ2n) is 17.7. The number of benzene rings is 4. The Morgan fingerprint density at radius 1 is 0.479 bits per heavy atom. The Morgan fingerprint density at radius 3 is 1.18 bits per heavy atom. The third-order valence-electron chi connectivity index (χ3n) is 13.5. The highest BCUT2D eigenvalue weighted by molar-refractivity contribution is 5.77. The number of carbonyl (C=O) groups excluding carboxylic acids is 4. The molecule has 0 amide bonds. The molecule has 0 radical (unpaired) electrons. The van der Waals surface area contributed by atoms with E-state index in [-0.39, 0.29) is 51.3 Å². The third-order valence-corrected chi connectivity index (χ3v) is 13.5. The Hall–Kier alpha value is -6.92. The van der Waals surface area contributed by atoms with Gasteiger partial charge in [-0.2, -0.15) is 0 Å². The number of ether oxygens (including phenoxy) is 12. The summed E-state index contributed by atoms with van der Waals surface area (Å²) in [5, 5.41) is 0. The molecule has 4 atom stereocenters. The number of unbranched alkanes of at least 4 members (excludes halogenated alkanes) is 4. The number of methoxy groups -OCH3 is 8. The van der Waals surface area contributed by atoms with Crippen molar-refractivity contribution < 1.29 is 76.0 Å². The Bertz CT molecular complexity index is 2300. The average molecular weight is 1020 g/mol. The molecule has 4 aromatic carbocycles. The Balaban J connectivity index is 0.993. The minimum absolute atomic E-state index is 0.109. The van der Waals surface area contributed by atoms with Crippen molar-refractivity contribution in [3.05, 3.63) is 94.0 Å². The van der Waals surface area contributed by atoms with E-state index < -0.39 is 24.1 Å². The van der Waals surface area contributed by atoms with Crippen LogP contribution in [0.1, 0.15) is 77.6 Å². The number of nitrogens with zero attached hydrogens (tertiary/aromatic N) is 2. The molecule has 4 aromatic rings. The molecule has 73 heavy (non-hydrogen) atoms. The van der Waals surface area contributed by atoms with Crippen molar-refractivity contribution in [3.63, 3.8) is 0 Å². The van der Waals surface area contributed by atoms with Crippen molar-refractivity contribution in [2.75, 3.05) is 96.3 Å². The van der Waals surface area contributed by atoms with Crippen LogP contribution in [0.2, 0.25) is 0 Å². The quantitative estimate of drug-likeness (QED) is 0.0228. The summed E-state index contributed by atoms with van der Waals surface area (Å²) in [6.07, 6.45) is 3.54. The number of hydrogen-bond acceptors (Lipinski definition) is 18. The van der Waals surface area contributed by atoms with Crippen LogP contribution in [0.15, 0.2) is 60.7 Å². The second kappa shape index (κ2) is 27.8. The maximum Gasteiger partial charge on any atom is 0.348 e. The van der Waals surface area contributed by atoms with Gasteiger partial charge in [0, 0.05) is 38.3 Å². The van der Waals surface area contributed by atoms with E-state index in [2.05, 4.69) is 9.80 Å². The first-order valence-electron chi connectivity index (χ1n) is 24.5. The van der Waals surface area contributed by atoms with Gasteiger partial charge in [-0.1, -0.05) is 31.4 Å². The van der Waals surface area contributed by atoms with E-state index in [9.17, 15) is 19.2 Å². The largest absolute Gasteiger partial charge is 0.493 e. The molecule has 0 fully saturated rings. The SMILES string of the molecule is COc1ccc(CC2c3cc(OC)c(OC)cc3CCN2CC(OC=O)C(=O)OCCCCCCCOC(=O)C(CN2CCc3cc(OC)c(OC)cc3C2Cc2ccc(OC)c(OC)c2)OC=O)cc1OC. The lowest BCUT2D eigenvalue weighted by Gasteiger charge is -2.39. The molecular weight excluding hydrogens is 945 g/mol. The summed E-state index contributed by atoms with van der Waals surface area (Å²) in [6, 6.07) is 19.0. The van der Waals surface area contributed by atoms with Gasteiger partial charge in [-0.15, -0.1) is 0 Å². The van der Waals surface area contributed by atoms with Gasteiger partial charge < -0.3 is 56.8 Å². The highest BCUT2D eigenvalue weighted by atomic mass is 16.6. The molecule has 2 aliphatic rings. The molecule has 0 saturated heterocycles. The molecule has 2 aliphatic heterocycles. The van der Waals surface area contributed by atoms with Gasteiger partial charge in [0.2, 0.25) is 12.2 Å². The van der Waals surface area contributed by atoms with Crippen LogP contribution >= 0.6 is 0 Å². The summed E-state index contributed by atoms with van der Waals surface area (Å²) in [5.41, 5.74) is 6.13. The lowest BCUT2D eigenvalue weighted by Crippen LogP contribution is -2.45. The molecule has 0 saturated carbocycles. The van der Waals surface area contributed by atoms with Crippen molar-refractivity contribution in [1.82, 2.24) is 9.80 Å². The summed E-state index contributed by atoms with van der Waals surface area (Å²) in [4.78, 5) is 54.7. The van der Waals surface area contributed by atoms with Gasteiger partial charge in [-0.25, -0.2) is 9.59 Å². The first-order chi connectivity index (χ1) is 35.6. The Morgan fingerprint density at radius 2 is 0.822 bits per heavy atom. The zero-order valence-electron chi connectivity index (χ0n) is 43.3. The van der Waals surface area contributed by atoms with Crippen LogP contribution in [0.3, 0.4) is 0 Å². The van der Waals surface area contributed by atoms with Gasteiger partial charge in [0.15, 0.2) is 46.0 Å². The van der Waals surface area contributed by atoms with Crippen LogP contribution < -0.4 is 37.9 Å². The van der Waals surface area contributed by atoms with E-state index in [4.69, 9.17) is 56.8 Å². The molecule has 0 spiro atoms. The van der Waals surface area contributed by atoms with Crippen molar-refractivity contribution in [2.45, 2.75) is 82.1 Å².